The van der Waals surface area contributed by atoms with Crippen LogP contribution in [-0.4, -0.2) is 0 Å². The van der Waals surface area contributed by atoms with E-state index in [2.05, 4.69) is 15.9 Å². The molecule has 0 radical (unpaired) electrons. The SMILES string of the molecule is Fc1ccc(F)c(C(Cl)c2ccc(F)c(Br)c2)c1. The molecule has 0 saturated heterocycles. The lowest BCUT2D eigenvalue weighted by molar-refractivity contribution is 0.587. The van der Waals surface area contributed by atoms with Gasteiger partial charge in [0.1, 0.15) is 17.5 Å². The molecule has 0 heterocycles. The Balaban J connectivity index is 2.44. The number of halogens is 5. The fourth-order valence-corrected chi connectivity index (χ4v) is 2.26. The van der Waals surface area contributed by atoms with Gasteiger partial charge >= 0.3 is 0 Å². The van der Waals surface area contributed by atoms with E-state index in [1.54, 1.807) is 0 Å². The van der Waals surface area contributed by atoms with Gasteiger partial charge in [-0.05, 0) is 51.8 Å². The summed E-state index contributed by atoms with van der Waals surface area (Å²) in [5, 5.41) is -0.877. The summed E-state index contributed by atoms with van der Waals surface area (Å²) < 4.78 is 39.9. The monoisotopic (exact) mass is 334 g/mol. The van der Waals surface area contributed by atoms with Crippen molar-refractivity contribution in [3.05, 3.63) is 69.4 Å². The van der Waals surface area contributed by atoms with Crippen molar-refractivity contribution in [3.8, 4) is 0 Å². The second kappa shape index (κ2) is 5.33. The minimum Gasteiger partial charge on any atom is -0.207 e. The topological polar surface area (TPSA) is 0 Å². The van der Waals surface area contributed by atoms with Crippen LogP contribution in [0.15, 0.2) is 40.9 Å². The summed E-state index contributed by atoms with van der Waals surface area (Å²) in [6.45, 7) is 0. The molecular formula is C13H7BrClF3. The van der Waals surface area contributed by atoms with E-state index >= 15 is 0 Å². The highest BCUT2D eigenvalue weighted by atomic mass is 79.9. The lowest BCUT2D eigenvalue weighted by Crippen LogP contribution is -1.98. The Morgan fingerprint density at radius 1 is 0.944 bits per heavy atom. The van der Waals surface area contributed by atoms with Gasteiger partial charge in [-0.15, -0.1) is 11.6 Å². The first-order valence-corrected chi connectivity index (χ1v) is 6.26. The molecule has 0 aliphatic carbocycles. The fourth-order valence-electron chi connectivity index (χ4n) is 1.56. The molecule has 0 saturated carbocycles. The summed E-state index contributed by atoms with van der Waals surface area (Å²) in [6.07, 6.45) is 0. The molecule has 2 aromatic carbocycles. The standard InChI is InChI=1S/C13H7BrClF3/c14-10-5-7(1-3-12(10)18)13(15)9-6-8(16)2-4-11(9)17/h1-6,13H. The zero-order chi connectivity index (χ0) is 13.3. The number of hydrogen-bond donors (Lipinski definition) is 0. The Bertz CT molecular complexity index is 586. The predicted molar refractivity (Wildman–Crippen MR) is 68.2 cm³/mol. The van der Waals surface area contributed by atoms with Gasteiger partial charge in [0.15, 0.2) is 0 Å². The van der Waals surface area contributed by atoms with E-state index in [1.807, 2.05) is 0 Å². The van der Waals surface area contributed by atoms with Crippen molar-refractivity contribution in [2.24, 2.45) is 0 Å². The summed E-state index contributed by atoms with van der Waals surface area (Å²) in [7, 11) is 0. The average molecular weight is 336 g/mol. The van der Waals surface area contributed by atoms with Crippen molar-refractivity contribution in [2.45, 2.75) is 5.38 Å². The van der Waals surface area contributed by atoms with Crippen LogP contribution in [0, 0.1) is 17.5 Å². The molecule has 1 unspecified atom stereocenters. The molecule has 0 N–H and O–H groups in total. The summed E-state index contributed by atoms with van der Waals surface area (Å²) in [5.41, 5.74) is 0.504. The van der Waals surface area contributed by atoms with Crippen molar-refractivity contribution < 1.29 is 13.2 Å². The van der Waals surface area contributed by atoms with Crippen molar-refractivity contribution in [1.82, 2.24) is 0 Å². The highest BCUT2D eigenvalue weighted by molar-refractivity contribution is 9.10. The Labute approximate surface area is 116 Å². The molecule has 5 heteroatoms. The van der Waals surface area contributed by atoms with E-state index in [0.717, 1.165) is 18.2 Å². The Kier molecular flexibility index (Phi) is 3.97. The first kappa shape index (κ1) is 13.4. The van der Waals surface area contributed by atoms with E-state index in [1.165, 1.54) is 18.2 Å². The lowest BCUT2D eigenvalue weighted by atomic mass is 10.0. The van der Waals surface area contributed by atoms with Crippen LogP contribution in [0.5, 0.6) is 0 Å². The van der Waals surface area contributed by atoms with E-state index < -0.39 is 22.8 Å². The Hall–Kier alpha value is -1.00. The van der Waals surface area contributed by atoms with Gasteiger partial charge in [0.25, 0.3) is 0 Å². The lowest BCUT2D eigenvalue weighted by Gasteiger charge is -2.12. The van der Waals surface area contributed by atoms with Gasteiger partial charge in [0.2, 0.25) is 0 Å². The predicted octanol–water partition coefficient (Wildman–Crippen LogP) is 5.19. The summed E-state index contributed by atoms with van der Waals surface area (Å²) >= 11 is 9.10. The van der Waals surface area contributed by atoms with Crippen LogP contribution in [0.1, 0.15) is 16.5 Å². The summed E-state index contributed by atoms with van der Waals surface area (Å²) in [4.78, 5) is 0. The number of alkyl halides is 1. The van der Waals surface area contributed by atoms with Crippen molar-refractivity contribution in [3.63, 3.8) is 0 Å². The van der Waals surface area contributed by atoms with Crippen LogP contribution in [0.25, 0.3) is 0 Å². The van der Waals surface area contributed by atoms with Gasteiger partial charge in [-0.25, -0.2) is 13.2 Å². The first-order chi connectivity index (χ1) is 8.49. The van der Waals surface area contributed by atoms with Gasteiger partial charge in [-0.3, -0.25) is 0 Å². The molecule has 1 atom stereocenters. The fraction of sp³-hybridized carbons (Fsp3) is 0.0769. The third kappa shape index (κ3) is 2.70. The molecular weight excluding hydrogens is 328 g/mol. The molecule has 0 amide bonds. The second-order valence-corrected chi connectivity index (χ2v) is 4.99. The van der Waals surface area contributed by atoms with Gasteiger partial charge in [0, 0.05) is 5.56 Å². The number of hydrogen-bond acceptors (Lipinski definition) is 0. The maximum Gasteiger partial charge on any atom is 0.137 e. The molecule has 0 aliphatic heterocycles. The van der Waals surface area contributed by atoms with Crippen molar-refractivity contribution in [1.29, 1.82) is 0 Å². The first-order valence-electron chi connectivity index (χ1n) is 5.03. The van der Waals surface area contributed by atoms with Gasteiger partial charge in [-0.2, -0.15) is 0 Å². The minimum atomic E-state index is -0.877. The van der Waals surface area contributed by atoms with Crippen LogP contribution in [-0.2, 0) is 0 Å². The third-order valence-electron chi connectivity index (χ3n) is 2.47. The van der Waals surface area contributed by atoms with Crippen LogP contribution in [0.4, 0.5) is 13.2 Å². The van der Waals surface area contributed by atoms with Crippen LogP contribution in [0.2, 0.25) is 0 Å². The van der Waals surface area contributed by atoms with Crippen LogP contribution in [0.3, 0.4) is 0 Å². The zero-order valence-electron chi connectivity index (χ0n) is 8.93. The maximum absolute atomic E-state index is 13.5. The molecule has 0 aliphatic rings. The largest absolute Gasteiger partial charge is 0.207 e. The number of rotatable bonds is 2. The quantitative estimate of drug-likeness (QED) is 0.662. The minimum absolute atomic E-state index is 0.0233. The Morgan fingerprint density at radius 3 is 2.28 bits per heavy atom. The van der Waals surface area contributed by atoms with E-state index in [0.29, 0.717) is 5.56 Å². The average Bonchev–Trinajstić information content (AvgIpc) is 2.35. The van der Waals surface area contributed by atoms with Gasteiger partial charge in [0.05, 0.1) is 9.85 Å². The number of benzene rings is 2. The molecule has 94 valence electrons. The zero-order valence-corrected chi connectivity index (χ0v) is 11.3. The summed E-state index contributed by atoms with van der Waals surface area (Å²) in [6, 6.07) is 7.15. The molecule has 0 bridgehead atoms. The van der Waals surface area contributed by atoms with Crippen LogP contribution >= 0.6 is 27.5 Å². The molecule has 0 fully saturated rings. The van der Waals surface area contributed by atoms with E-state index in [4.69, 9.17) is 11.6 Å². The molecule has 2 rings (SSSR count). The van der Waals surface area contributed by atoms with Crippen molar-refractivity contribution >= 4 is 27.5 Å². The molecule has 2 aromatic rings. The summed E-state index contributed by atoms with van der Waals surface area (Å²) in [5.74, 6) is -1.61. The van der Waals surface area contributed by atoms with Crippen LogP contribution < -0.4 is 0 Å². The van der Waals surface area contributed by atoms with E-state index in [9.17, 15) is 13.2 Å². The third-order valence-corrected chi connectivity index (χ3v) is 3.56. The normalized spacial score (nSPS) is 12.5. The molecule has 18 heavy (non-hydrogen) atoms. The molecule has 0 nitrogen and oxygen atoms in total. The molecule has 0 spiro atoms. The van der Waals surface area contributed by atoms with E-state index in [-0.39, 0.29) is 10.0 Å². The maximum atomic E-state index is 13.5. The molecule has 0 aromatic heterocycles. The van der Waals surface area contributed by atoms with Gasteiger partial charge < -0.3 is 0 Å². The van der Waals surface area contributed by atoms with Gasteiger partial charge in [-0.1, -0.05) is 6.07 Å². The highest BCUT2D eigenvalue weighted by Gasteiger charge is 2.17. The highest BCUT2D eigenvalue weighted by Crippen LogP contribution is 2.33. The second-order valence-electron chi connectivity index (χ2n) is 3.70. The Morgan fingerprint density at radius 2 is 1.61 bits per heavy atom. The van der Waals surface area contributed by atoms with Crippen molar-refractivity contribution in [2.75, 3.05) is 0 Å². The smallest absolute Gasteiger partial charge is 0.137 e.